The molecule has 0 aromatic carbocycles. The number of amides is 1. The zero-order chi connectivity index (χ0) is 17.1. The third-order valence-electron chi connectivity index (χ3n) is 3.40. The summed E-state index contributed by atoms with van der Waals surface area (Å²) in [5, 5.41) is 7.60. The Labute approximate surface area is 142 Å². The van der Waals surface area contributed by atoms with E-state index in [1.807, 2.05) is 19.1 Å². The van der Waals surface area contributed by atoms with Gasteiger partial charge in [-0.15, -0.1) is 11.3 Å². The first-order valence-electron chi connectivity index (χ1n) is 7.24. The number of aromatic nitrogens is 4. The van der Waals surface area contributed by atoms with Crippen LogP contribution in [0.2, 0.25) is 0 Å². The molecule has 7 nitrogen and oxygen atoms in total. The number of nitrogens with zero attached hydrogens (tertiary/aromatic N) is 4. The molecular formula is C16H15N5O2S. The molecule has 0 saturated heterocycles. The number of carbonyl (C=O) groups excluding carboxylic acids is 1. The Bertz CT molecular complexity index is 933. The second-order valence-electron chi connectivity index (χ2n) is 5.13. The number of rotatable bonds is 4. The molecule has 0 fully saturated rings. The number of carbonyl (C=O) groups is 1. The molecule has 0 unspecified atom stereocenters. The number of aryl methyl sites for hydroxylation is 2. The Morgan fingerprint density at radius 3 is 2.88 bits per heavy atom. The summed E-state index contributed by atoms with van der Waals surface area (Å²) >= 11 is 1.51. The fraction of sp³-hybridized carbons (Fsp3) is 0.188. The predicted octanol–water partition coefficient (Wildman–Crippen LogP) is 1.54. The predicted molar refractivity (Wildman–Crippen MR) is 90.7 cm³/mol. The van der Waals surface area contributed by atoms with Crippen LogP contribution in [-0.2, 0) is 13.6 Å². The summed E-state index contributed by atoms with van der Waals surface area (Å²) in [5.74, 6) is -0.332. The van der Waals surface area contributed by atoms with Crippen molar-refractivity contribution in [3.8, 4) is 10.6 Å². The summed E-state index contributed by atoms with van der Waals surface area (Å²) in [5.41, 5.74) is 1.76. The monoisotopic (exact) mass is 341 g/mol. The van der Waals surface area contributed by atoms with Crippen molar-refractivity contribution in [1.82, 2.24) is 25.1 Å². The lowest BCUT2D eigenvalue weighted by molar-refractivity contribution is 0.0944. The van der Waals surface area contributed by atoms with E-state index in [4.69, 9.17) is 0 Å². The van der Waals surface area contributed by atoms with Crippen LogP contribution in [0.3, 0.4) is 0 Å². The highest BCUT2D eigenvalue weighted by molar-refractivity contribution is 7.15. The van der Waals surface area contributed by atoms with Gasteiger partial charge in [-0.3, -0.25) is 14.6 Å². The van der Waals surface area contributed by atoms with Gasteiger partial charge in [-0.05, 0) is 25.1 Å². The normalized spacial score (nSPS) is 10.6. The van der Waals surface area contributed by atoms with Crippen molar-refractivity contribution in [3.63, 3.8) is 0 Å². The summed E-state index contributed by atoms with van der Waals surface area (Å²) in [6, 6.07) is 6.54. The van der Waals surface area contributed by atoms with E-state index in [1.165, 1.54) is 30.5 Å². The molecule has 122 valence electrons. The lowest BCUT2D eigenvalue weighted by Crippen LogP contribution is -2.28. The molecule has 3 heterocycles. The van der Waals surface area contributed by atoms with E-state index in [-0.39, 0.29) is 17.2 Å². The van der Waals surface area contributed by atoms with Gasteiger partial charge in [0.2, 0.25) is 0 Å². The molecule has 24 heavy (non-hydrogen) atoms. The number of hydrogen-bond acceptors (Lipinski definition) is 6. The molecule has 0 radical (unpaired) electrons. The van der Waals surface area contributed by atoms with E-state index in [2.05, 4.69) is 20.4 Å². The summed E-state index contributed by atoms with van der Waals surface area (Å²) in [6.45, 7) is 2.26. The van der Waals surface area contributed by atoms with E-state index in [0.717, 1.165) is 25.8 Å². The summed E-state index contributed by atoms with van der Waals surface area (Å²) in [6.07, 6.45) is 3.47. The van der Waals surface area contributed by atoms with Gasteiger partial charge in [0, 0.05) is 35.9 Å². The first kappa shape index (κ1) is 16.0. The Morgan fingerprint density at radius 1 is 1.33 bits per heavy atom. The first-order valence-corrected chi connectivity index (χ1v) is 8.05. The Balaban J connectivity index is 1.73. The van der Waals surface area contributed by atoms with Gasteiger partial charge in [0.15, 0.2) is 0 Å². The highest BCUT2D eigenvalue weighted by Gasteiger charge is 2.13. The Morgan fingerprint density at radius 2 is 2.17 bits per heavy atom. The average molecular weight is 341 g/mol. The molecule has 0 bridgehead atoms. The highest BCUT2D eigenvalue weighted by Crippen LogP contribution is 2.27. The number of nitrogens with one attached hydrogen (secondary N) is 1. The Hall–Kier alpha value is -2.87. The second kappa shape index (κ2) is 6.71. The fourth-order valence-corrected chi connectivity index (χ4v) is 3.07. The van der Waals surface area contributed by atoms with E-state index in [9.17, 15) is 9.59 Å². The third kappa shape index (κ3) is 3.38. The average Bonchev–Trinajstić information content (AvgIpc) is 2.97. The van der Waals surface area contributed by atoms with Gasteiger partial charge < -0.3 is 5.32 Å². The lowest BCUT2D eigenvalue weighted by atomic mass is 10.3. The highest BCUT2D eigenvalue weighted by atomic mass is 32.1. The van der Waals surface area contributed by atoms with Gasteiger partial charge in [0.25, 0.3) is 11.5 Å². The maximum atomic E-state index is 12.2. The molecule has 8 heteroatoms. The van der Waals surface area contributed by atoms with Crippen molar-refractivity contribution in [1.29, 1.82) is 0 Å². The van der Waals surface area contributed by atoms with Gasteiger partial charge in [0.05, 0.1) is 12.2 Å². The molecule has 1 amide bonds. The van der Waals surface area contributed by atoms with E-state index >= 15 is 0 Å². The van der Waals surface area contributed by atoms with Gasteiger partial charge in [-0.2, -0.15) is 5.10 Å². The molecule has 0 aliphatic rings. The van der Waals surface area contributed by atoms with Crippen LogP contribution in [-0.4, -0.2) is 25.7 Å². The van der Waals surface area contributed by atoms with Gasteiger partial charge in [-0.1, -0.05) is 0 Å². The van der Waals surface area contributed by atoms with Crippen LogP contribution in [0.5, 0.6) is 0 Å². The van der Waals surface area contributed by atoms with E-state index in [0.29, 0.717) is 6.54 Å². The SMILES string of the molecule is Cc1nc(-c2cccnc2)sc1CNC(=O)c1ccc(=O)n(C)n1. The topological polar surface area (TPSA) is 89.8 Å². The van der Waals surface area contributed by atoms with Crippen LogP contribution in [0, 0.1) is 6.92 Å². The van der Waals surface area contributed by atoms with Crippen molar-refractivity contribution >= 4 is 17.2 Å². The van der Waals surface area contributed by atoms with Crippen molar-refractivity contribution in [3.05, 3.63) is 63.3 Å². The lowest BCUT2D eigenvalue weighted by Gasteiger charge is -2.04. The van der Waals surface area contributed by atoms with Gasteiger partial charge >= 0.3 is 0 Å². The molecule has 3 rings (SSSR count). The van der Waals surface area contributed by atoms with Gasteiger partial charge in [0.1, 0.15) is 10.7 Å². The van der Waals surface area contributed by atoms with Gasteiger partial charge in [-0.25, -0.2) is 9.67 Å². The van der Waals surface area contributed by atoms with E-state index < -0.39 is 0 Å². The number of hydrogen-bond donors (Lipinski definition) is 1. The second-order valence-corrected chi connectivity index (χ2v) is 6.22. The maximum Gasteiger partial charge on any atom is 0.272 e. The van der Waals surface area contributed by atoms with Crippen molar-refractivity contribution in [2.75, 3.05) is 0 Å². The fourth-order valence-electron chi connectivity index (χ4n) is 2.08. The van der Waals surface area contributed by atoms with Crippen LogP contribution in [0.1, 0.15) is 21.1 Å². The molecule has 0 atom stereocenters. The standard InChI is InChI=1S/C16H15N5O2S/c1-10-13(24-16(19-10)11-4-3-7-17-8-11)9-18-15(23)12-5-6-14(22)21(2)20-12/h3-8H,9H2,1-2H3,(H,18,23). The minimum atomic E-state index is -0.332. The maximum absolute atomic E-state index is 12.2. The van der Waals surface area contributed by atoms with Crippen LogP contribution in [0.25, 0.3) is 10.6 Å². The van der Waals surface area contributed by atoms with Crippen LogP contribution < -0.4 is 10.9 Å². The molecule has 0 saturated carbocycles. The Kier molecular flexibility index (Phi) is 4.48. The van der Waals surface area contributed by atoms with E-state index in [1.54, 1.807) is 12.4 Å². The molecular weight excluding hydrogens is 326 g/mol. The quantitative estimate of drug-likeness (QED) is 0.777. The van der Waals surface area contributed by atoms with Crippen molar-refractivity contribution in [2.45, 2.75) is 13.5 Å². The molecule has 3 aromatic rings. The smallest absolute Gasteiger partial charge is 0.272 e. The molecule has 1 N–H and O–H groups in total. The van der Waals surface area contributed by atoms with Crippen LogP contribution >= 0.6 is 11.3 Å². The molecule has 0 aliphatic carbocycles. The van der Waals surface area contributed by atoms with Crippen LogP contribution in [0.4, 0.5) is 0 Å². The third-order valence-corrected chi connectivity index (χ3v) is 4.61. The number of pyridine rings is 1. The summed E-state index contributed by atoms with van der Waals surface area (Å²) in [7, 11) is 1.51. The zero-order valence-electron chi connectivity index (χ0n) is 13.2. The summed E-state index contributed by atoms with van der Waals surface area (Å²) < 4.78 is 1.13. The zero-order valence-corrected chi connectivity index (χ0v) is 14.0. The van der Waals surface area contributed by atoms with Crippen molar-refractivity contribution in [2.24, 2.45) is 7.05 Å². The first-order chi connectivity index (χ1) is 11.5. The molecule has 0 spiro atoms. The summed E-state index contributed by atoms with van der Waals surface area (Å²) in [4.78, 5) is 33.0. The largest absolute Gasteiger partial charge is 0.346 e. The van der Waals surface area contributed by atoms with Crippen LogP contribution in [0.15, 0.2) is 41.5 Å². The molecule has 3 aromatic heterocycles. The number of thiazole rings is 1. The van der Waals surface area contributed by atoms with Crippen molar-refractivity contribution < 1.29 is 4.79 Å². The molecule has 0 aliphatic heterocycles. The minimum Gasteiger partial charge on any atom is -0.346 e. The minimum absolute atomic E-state index is 0.201.